The second-order valence-corrected chi connectivity index (χ2v) is 6.64. The second-order valence-electron chi connectivity index (χ2n) is 3.81. The van der Waals surface area contributed by atoms with Crippen molar-refractivity contribution in [1.29, 1.82) is 5.26 Å². The molecule has 0 atom stereocenters. The summed E-state index contributed by atoms with van der Waals surface area (Å²) in [6.45, 7) is 0.152. The van der Waals surface area contributed by atoms with Crippen LogP contribution in [0.15, 0.2) is 16.6 Å². The van der Waals surface area contributed by atoms with Crippen LogP contribution < -0.4 is 5.32 Å². The number of thiazole rings is 1. The Labute approximate surface area is 115 Å². The van der Waals surface area contributed by atoms with Crippen LogP contribution in [0.25, 0.3) is 4.96 Å². The summed E-state index contributed by atoms with van der Waals surface area (Å²) in [5.74, 6) is 0.315. The number of nitriles is 1. The van der Waals surface area contributed by atoms with Crippen LogP contribution in [-0.4, -0.2) is 42.7 Å². The monoisotopic (exact) mass is 299 g/mol. The Morgan fingerprint density at radius 1 is 1.63 bits per heavy atom. The molecule has 0 spiro atoms. The highest BCUT2D eigenvalue weighted by molar-refractivity contribution is 7.89. The van der Waals surface area contributed by atoms with E-state index in [0.717, 1.165) is 4.31 Å². The van der Waals surface area contributed by atoms with Gasteiger partial charge in [-0.3, -0.25) is 4.40 Å². The fraction of sp³-hybridized carbons (Fsp3) is 0.400. The summed E-state index contributed by atoms with van der Waals surface area (Å²) >= 11 is 1.36. The van der Waals surface area contributed by atoms with Crippen LogP contribution in [0.1, 0.15) is 6.42 Å². The fourth-order valence-electron chi connectivity index (χ4n) is 1.65. The molecule has 0 unspecified atom stereocenters. The molecule has 2 aromatic heterocycles. The molecule has 0 saturated heterocycles. The van der Waals surface area contributed by atoms with Gasteiger partial charge in [-0.2, -0.15) is 9.57 Å². The van der Waals surface area contributed by atoms with Crippen molar-refractivity contribution in [3.8, 4) is 6.07 Å². The Bertz CT molecular complexity index is 725. The molecule has 0 saturated carbocycles. The first-order chi connectivity index (χ1) is 9.02. The predicted molar refractivity (Wildman–Crippen MR) is 72.7 cm³/mol. The van der Waals surface area contributed by atoms with Crippen molar-refractivity contribution >= 4 is 32.1 Å². The number of imidazole rings is 1. The van der Waals surface area contributed by atoms with Gasteiger partial charge in [-0.25, -0.2) is 13.4 Å². The van der Waals surface area contributed by atoms with Gasteiger partial charge in [0.25, 0.3) is 10.0 Å². The first-order valence-corrected chi connectivity index (χ1v) is 7.81. The normalized spacial score (nSPS) is 11.9. The lowest BCUT2D eigenvalue weighted by molar-refractivity contribution is 0.473. The quantitative estimate of drug-likeness (QED) is 0.888. The van der Waals surface area contributed by atoms with Gasteiger partial charge in [0.15, 0.2) is 15.8 Å². The van der Waals surface area contributed by atoms with Gasteiger partial charge in [-0.05, 0) is 0 Å². The molecule has 7 nitrogen and oxygen atoms in total. The third kappa shape index (κ3) is 2.30. The van der Waals surface area contributed by atoms with Crippen LogP contribution in [0.4, 0.5) is 5.82 Å². The summed E-state index contributed by atoms with van der Waals surface area (Å²) in [5.41, 5.74) is 0. The SMILES string of the molecule is CNc1nc2sccn2c1S(=O)(=O)N(C)CCC#N. The molecular formula is C10H13N5O2S2. The van der Waals surface area contributed by atoms with Crippen LogP contribution in [0.3, 0.4) is 0 Å². The van der Waals surface area contributed by atoms with Gasteiger partial charge >= 0.3 is 0 Å². The number of fused-ring (bicyclic) bond motifs is 1. The van der Waals surface area contributed by atoms with Gasteiger partial charge in [0.1, 0.15) is 0 Å². The standard InChI is InChI=1S/C10H13N5O2S2/c1-12-8-9(15-6-7-18-10(15)13-8)19(16,17)14(2)5-3-4-11/h6-7,12H,3,5H2,1-2H3. The molecule has 1 N–H and O–H groups in total. The van der Waals surface area contributed by atoms with Crippen LogP contribution in [0, 0.1) is 11.3 Å². The van der Waals surface area contributed by atoms with E-state index in [1.807, 2.05) is 6.07 Å². The van der Waals surface area contributed by atoms with Crippen molar-refractivity contribution in [3.05, 3.63) is 11.6 Å². The molecule has 0 radical (unpaired) electrons. The molecule has 2 rings (SSSR count). The molecule has 2 aromatic rings. The lowest BCUT2D eigenvalue weighted by Crippen LogP contribution is -2.29. The molecule has 2 heterocycles. The smallest absolute Gasteiger partial charge is 0.262 e. The molecule has 0 amide bonds. The molecule has 0 aliphatic rings. The molecule has 19 heavy (non-hydrogen) atoms. The first-order valence-electron chi connectivity index (χ1n) is 5.49. The van der Waals surface area contributed by atoms with Crippen molar-refractivity contribution in [2.24, 2.45) is 0 Å². The van der Waals surface area contributed by atoms with Crippen molar-refractivity contribution < 1.29 is 8.42 Å². The highest BCUT2D eigenvalue weighted by atomic mass is 32.2. The number of aromatic nitrogens is 2. The van der Waals surface area contributed by atoms with Crippen molar-refractivity contribution in [2.75, 3.05) is 26.0 Å². The van der Waals surface area contributed by atoms with Crippen LogP contribution in [0.2, 0.25) is 0 Å². The van der Waals surface area contributed by atoms with Gasteiger partial charge < -0.3 is 5.32 Å². The maximum absolute atomic E-state index is 12.5. The molecule has 0 bridgehead atoms. The van der Waals surface area contributed by atoms with Crippen LogP contribution >= 0.6 is 11.3 Å². The molecule has 0 fully saturated rings. The van der Waals surface area contributed by atoms with E-state index in [0.29, 0.717) is 10.8 Å². The van der Waals surface area contributed by atoms with Crippen LogP contribution in [-0.2, 0) is 10.0 Å². The number of hydrogen-bond donors (Lipinski definition) is 1. The minimum absolute atomic E-state index is 0.103. The van der Waals surface area contributed by atoms with Gasteiger partial charge in [-0.15, -0.1) is 11.3 Å². The zero-order valence-electron chi connectivity index (χ0n) is 10.5. The molecule has 9 heteroatoms. The Morgan fingerprint density at radius 2 is 2.37 bits per heavy atom. The van der Waals surface area contributed by atoms with E-state index in [9.17, 15) is 8.42 Å². The van der Waals surface area contributed by atoms with Crippen LogP contribution in [0.5, 0.6) is 0 Å². The average Bonchev–Trinajstić information content (AvgIpc) is 2.94. The molecule has 0 aromatic carbocycles. The first kappa shape index (κ1) is 13.8. The van der Waals surface area contributed by atoms with E-state index >= 15 is 0 Å². The summed E-state index contributed by atoms with van der Waals surface area (Å²) in [5, 5.41) is 13.2. The molecule has 0 aliphatic heterocycles. The third-order valence-electron chi connectivity index (χ3n) is 2.65. The predicted octanol–water partition coefficient (Wildman–Crippen LogP) is 0.972. The summed E-state index contributed by atoms with van der Waals surface area (Å²) in [6.07, 6.45) is 1.81. The number of rotatable bonds is 5. The van der Waals surface area contributed by atoms with E-state index in [-0.39, 0.29) is 18.0 Å². The van der Waals surface area contributed by atoms with Gasteiger partial charge in [0.05, 0.1) is 6.07 Å². The zero-order valence-corrected chi connectivity index (χ0v) is 12.1. The van der Waals surface area contributed by atoms with Gasteiger partial charge in [0, 0.05) is 38.6 Å². The number of nitrogens with one attached hydrogen (secondary N) is 1. The molecule has 0 aliphatic carbocycles. The summed E-state index contributed by atoms with van der Waals surface area (Å²) in [7, 11) is -0.598. The summed E-state index contributed by atoms with van der Waals surface area (Å²) in [4.78, 5) is 4.83. The van der Waals surface area contributed by atoms with E-state index in [2.05, 4.69) is 10.3 Å². The van der Waals surface area contributed by atoms with Gasteiger partial charge in [-0.1, -0.05) is 0 Å². The fourth-order valence-corrected chi connectivity index (χ4v) is 3.84. The Kier molecular flexibility index (Phi) is 3.75. The number of nitrogens with zero attached hydrogens (tertiary/aromatic N) is 4. The maximum Gasteiger partial charge on any atom is 0.262 e. The van der Waals surface area contributed by atoms with E-state index in [4.69, 9.17) is 5.26 Å². The Morgan fingerprint density at radius 3 is 3.00 bits per heavy atom. The summed E-state index contributed by atoms with van der Waals surface area (Å²) in [6, 6.07) is 1.93. The molecular weight excluding hydrogens is 286 g/mol. The minimum atomic E-state index is -3.68. The summed E-state index contributed by atoms with van der Waals surface area (Å²) < 4.78 is 27.7. The van der Waals surface area contributed by atoms with E-state index in [1.54, 1.807) is 18.6 Å². The topological polar surface area (TPSA) is 90.5 Å². The minimum Gasteiger partial charge on any atom is -0.371 e. The Hall–Kier alpha value is -1.63. The van der Waals surface area contributed by atoms with E-state index < -0.39 is 10.0 Å². The lowest BCUT2D eigenvalue weighted by Gasteiger charge is -2.15. The highest BCUT2D eigenvalue weighted by Crippen LogP contribution is 2.27. The number of hydrogen-bond acceptors (Lipinski definition) is 6. The highest BCUT2D eigenvalue weighted by Gasteiger charge is 2.29. The lowest BCUT2D eigenvalue weighted by atomic mass is 10.5. The average molecular weight is 299 g/mol. The second kappa shape index (κ2) is 5.16. The van der Waals surface area contributed by atoms with Crippen molar-refractivity contribution in [2.45, 2.75) is 11.4 Å². The van der Waals surface area contributed by atoms with Gasteiger partial charge in [0.2, 0.25) is 0 Å². The number of sulfonamides is 1. The van der Waals surface area contributed by atoms with Crippen molar-refractivity contribution in [1.82, 2.24) is 13.7 Å². The number of anilines is 1. The molecule has 102 valence electrons. The van der Waals surface area contributed by atoms with E-state index in [1.165, 1.54) is 22.8 Å². The van der Waals surface area contributed by atoms with Crippen molar-refractivity contribution in [3.63, 3.8) is 0 Å². The zero-order chi connectivity index (χ0) is 14.0. The Balaban J connectivity index is 2.53. The third-order valence-corrected chi connectivity index (χ3v) is 5.29. The maximum atomic E-state index is 12.5. The largest absolute Gasteiger partial charge is 0.371 e.